The molecule has 0 atom stereocenters. The standard InChI is InChI=1S/C12H16N4O2S/c1-2-3-7-10-19(17,18)12-13-14-15-16(12)11-8-5-4-6-9-11/h4-6,8-9H,2-3,7,10H2,1H3. The Morgan fingerprint density at radius 3 is 2.58 bits per heavy atom. The van der Waals surface area contributed by atoms with Crippen molar-refractivity contribution in [3.63, 3.8) is 0 Å². The van der Waals surface area contributed by atoms with E-state index >= 15 is 0 Å². The molecule has 0 aliphatic rings. The molecule has 0 spiro atoms. The number of hydrogen-bond acceptors (Lipinski definition) is 5. The predicted molar refractivity (Wildman–Crippen MR) is 70.7 cm³/mol. The van der Waals surface area contributed by atoms with Crippen LogP contribution in [0, 0.1) is 0 Å². The summed E-state index contributed by atoms with van der Waals surface area (Å²) in [4.78, 5) is 0. The number of hydrogen-bond donors (Lipinski definition) is 0. The molecule has 0 radical (unpaired) electrons. The number of benzene rings is 1. The SMILES string of the molecule is CCCCCS(=O)(=O)c1nnnn1-c1ccccc1. The Balaban J connectivity index is 2.29. The Morgan fingerprint density at radius 1 is 1.16 bits per heavy atom. The summed E-state index contributed by atoms with van der Waals surface area (Å²) in [6.45, 7) is 2.03. The second kappa shape index (κ2) is 5.92. The average Bonchev–Trinajstić information content (AvgIpc) is 2.90. The predicted octanol–water partition coefficient (Wildman–Crippen LogP) is 1.63. The van der Waals surface area contributed by atoms with Crippen molar-refractivity contribution in [1.82, 2.24) is 20.2 Å². The molecule has 102 valence electrons. The molecule has 19 heavy (non-hydrogen) atoms. The van der Waals surface area contributed by atoms with Crippen molar-refractivity contribution in [3.05, 3.63) is 30.3 Å². The first-order valence-corrected chi connectivity index (χ1v) is 7.87. The number of para-hydroxylation sites is 1. The third kappa shape index (κ3) is 3.17. The molecule has 1 aromatic heterocycles. The van der Waals surface area contributed by atoms with Gasteiger partial charge >= 0.3 is 0 Å². The van der Waals surface area contributed by atoms with Crippen molar-refractivity contribution < 1.29 is 8.42 Å². The number of nitrogens with zero attached hydrogens (tertiary/aromatic N) is 4. The van der Waals surface area contributed by atoms with Crippen LogP contribution < -0.4 is 0 Å². The first-order valence-electron chi connectivity index (χ1n) is 6.21. The summed E-state index contributed by atoms with van der Waals surface area (Å²) in [5, 5.41) is 10.8. The minimum Gasteiger partial charge on any atom is -0.220 e. The van der Waals surface area contributed by atoms with E-state index in [1.54, 1.807) is 12.1 Å². The van der Waals surface area contributed by atoms with Gasteiger partial charge in [0, 0.05) is 0 Å². The lowest BCUT2D eigenvalue weighted by Gasteiger charge is -2.05. The summed E-state index contributed by atoms with van der Waals surface area (Å²) >= 11 is 0. The van der Waals surface area contributed by atoms with Crippen LogP contribution in [0.1, 0.15) is 26.2 Å². The Kier molecular flexibility index (Phi) is 4.26. The quantitative estimate of drug-likeness (QED) is 0.751. The second-order valence-electron chi connectivity index (χ2n) is 4.23. The summed E-state index contributed by atoms with van der Waals surface area (Å²) in [6, 6.07) is 9.00. The van der Waals surface area contributed by atoms with Crippen molar-refractivity contribution in [1.29, 1.82) is 0 Å². The Hall–Kier alpha value is -1.76. The van der Waals surface area contributed by atoms with Gasteiger partial charge < -0.3 is 0 Å². The first kappa shape index (κ1) is 13.7. The van der Waals surface area contributed by atoms with Crippen LogP contribution in [0.5, 0.6) is 0 Å². The lowest BCUT2D eigenvalue weighted by molar-refractivity contribution is 0.575. The normalized spacial score (nSPS) is 11.6. The Morgan fingerprint density at radius 2 is 1.89 bits per heavy atom. The highest BCUT2D eigenvalue weighted by molar-refractivity contribution is 7.91. The van der Waals surface area contributed by atoms with Gasteiger partial charge in [-0.25, -0.2) is 8.42 Å². The molecule has 1 heterocycles. The van der Waals surface area contributed by atoms with Crippen LogP contribution in [-0.4, -0.2) is 34.4 Å². The largest absolute Gasteiger partial charge is 0.272 e. The average molecular weight is 280 g/mol. The molecular formula is C12H16N4O2S. The van der Waals surface area contributed by atoms with Gasteiger partial charge in [0.05, 0.1) is 11.4 Å². The molecule has 7 heteroatoms. The molecule has 0 aliphatic carbocycles. The van der Waals surface area contributed by atoms with Gasteiger partial charge in [0.1, 0.15) is 0 Å². The van der Waals surface area contributed by atoms with Crippen molar-refractivity contribution >= 4 is 9.84 Å². The van der Waals surface area contributed by atoms with E-state index in [1.165, 1.54) is 4.68 Å². The molecule has 1 aromatic carbocycles. The fourth-order valence-electron chi connectivity index (χ4n) is 1.74. The monoisotopic (exact) mass is 280 g/mol. The summed E-state index contributed by atoms with van der Waals surface area (Å²) in [7, 11) is -3.44. The fraction of sp³-hybridized carbons (Fsp3) is 0.417. The van der Waals surface area contributed by atoms with Gasteiger partial charge in [0.15, 0.2) is 0 Å². The molecule has 0 saturated carbocycles. The molecule has 0 N–H and O–H groups in total. The number of sulfone groups is 1. The molecule has 6 nitrogen and oxygen atoms in total. The first-order chi connectivity index (χ1) is 9.15. The summed E-state index contributed by atoms with van der Waals surface area (Å²) < 4.78 is 25.7. The van der Waals surface area contributed by atoms with E-state index in [0.29, 0.717) is 12.1 Å². The Bertz CT molecular complexity index is 622. The topological polar surface area (TPSA) is 77.7 Å². The third-order valence-electron chi connectivity index (χ3n) is 2.74. The van der Waals surface area contributed by atoms with Gasteiger partial charge in [-0.05, 0) is 29.0 Å². The lowest BCUT2D eigenvalue weighted by Crippen LogP contribution is -2.14. The van der Waals surface area contributed by atoms with Crippen molar-refractivity contribution in [2.75, 3.05) is 5.75 Å². The molecule has 0 amide bonds. The molecule has 0 saturated heterocycles. The van der Waals surface area contributed by atoms with Crippen molar-refractivity contribution in [3.8, 4) is 5.69 Å². The maximum Gasteiger partial charge on any atom is 0.272 e. The molecule has 0 unspecified atom stereocenters. The molecule has 0 fully saturated rings. The lowest BCUT2D eigenvalue weighted by atomic mass is 10.3. The molecular weight excluding hydrogens is 264 g/mol. The van der Waals surface area contributed by atoms with Crippen molar-refractivity contribution in [2.45, 2.75) is 31.3 Å². The van der Waals surface area contributed by atoms with E-state index in [0.717, 1.165) is 12.8 Å². The molecule has 0 bridgehead atoms. The zero-order valence-electron chi connectivity index (χ0n) is 10.7. The maximum atomic E-state index is 12.2. The van der Waals surface area contributed by atoms with Crippen LogP contribution >= 0.6 is 0 Å². The van der Waals surface area contributed by atoms with E-state index in [1.807, 2.05) is 25.1 Å². The highest BCUT2D eigenvalue weighted by Gasteiger charge is 2.23. The van der Waals surface area contributed by atoms with Crippen LogP contribution in [0.15, 0.2) is 35.5 Å². The van der Waals surface area contributed by atoms with Crippen LogP contribution in [0.4, 0.5) is 0 Å². The van der Waals surface area contributed by atoms with Gasteiger partial charge in [0.25, 0.3) is 5.16 Å². The van der Waals surface area contributed by atoms with Gasteiger partial charge in [0.2, 0.25) is 9.84 Å². The number of aromatic nitrogens is 4. The molecule has 2 aromatic rings. The zero-order valence-corrected chi connectivity index (χ0v) is 11.5. The molecule has 0 aliphatic heterocycles. The van der Waals surface area contributed by atoms with E-state index in [2.05, 4.69) is 15.5 Å². The highest BCUT2D eigenvalue weighted by atomic mass is 32.2. The summed E-state index contributed by atoms with van der Waals surface area (Å²) in [5.41, 5.74) is 0.640. The van der Waals surface area contributed by atoms with E-state index < -0.39 is 9.84 Å². The van der Waals surface area contributed by atoms with Gasteiger partial charge in [-0.1, -0.05) is 43.1 Å². The number of unbranched alkanes of at least 4 members (excludes halogenated alkanes) is 2. The zero-order chi connectivity index (χ0) is 13.7. The minimum atomic E-state index is -3.44. The minimum absolute atomic E-state index is 0.0774. The van der Waals surface area contributed by atoms with Crippen LogP contribution in [0.25, 0.3) is 5.69 Å². The van der Waals surface area contributed by atoms with Crippen LogP contribution in [0.3, 0.4) is 0 Å². The molecule has 2 rings (SSSR count). The Labute approximate surface area is 112 Å². The van der Waals surface area contributed by atoms with Crippen LogP contribution in [-0.2, 0) is 9.84 Å². The fourth-order valence-corrected chi connectivity index (χ4v) is 3.07. The van der Waals surface area contributed by atoms with Gasteiger partial charge in [-0.15, -0.1) is 0 Å². The highest BCUT2D eigenvalue weighted by Crippen LogP contribution is 2.14. The van der Waals surface area contributed by atoms with E-state index in [4.69, 9.17) is 0 Å². The number of rotatable bonds is 6. The second-order valence-corrected chi connectivity index (χ2v) is 6.24. The third-order valence-corrected chi connectivity index (χ3v) is 4.37. The van der Waals surface area contributed by atoms with E-state index in [-0.39, 0.29) is 10.9 Å². The van der Waals surface area contributed by atoms with Crippen molar-refractivity contribution in [2.24, 2.45) is 0 Å². The smallest absolute Gasteiger partial charge is 0.220 e. The van der Waals surface area contributed by atoms with E-state index in [9.17, 15) is 8.42 Å². The summed E-state index contributed by atoms with van der Waals surface area (Å²) in [6.07, 6.45) is 2.48. The van der Waals surface area contributed by atoms with Gasteiger partial charge in [-0.2, -0.15) is 4.68 Å². The number of tetrazole rings is 1. The maximum absolute atomic E-state index is 12.2. The summed E-state index contributed by atoms with van der Waals surface area (Å²) in [5.74, 6) is 0.0774. The van der Waals surface area contributed by atoms with Gasteiger partial charge in [-0.3, -0.25) is 0 Å². The van der Waals surface area contributed by atoms with Crippen LogP contribution in [0.2, 0.25) is 0 Å².